The van der Waals surface area contributed by atoms with E-state index >= 15 is 0 Å². The largest absolute Gasteiger partial charge is 0.493 e. The number of aromatic nitrogens is 1. The van der Waals surface area contributed by atoms with Gasteiger partial charge in [0.2, 0.25) is 5.91 Å². The fourth-order valence-corrected chi connectivity index (χ4v) is 4.90. The van der Waals surface area contributed by atoms with E-state index < -0.39 is 0 Å². The maximum Gasteiger partial charge on any atom is 0.324 e. The van der Waals surface area contributed by atoms with Crippen LogP contribution in [-0.4, -0.2) is 60.6 Å². The Morgan fingerprint density at radius 2 is 1.77 bits per heavy atom. The summed E-state index contributed by atoms with van der Waals surface area (Å²) < 4.78 is 13.6. The normalized spacial score (nSPS) is 13.6. The predicted octanol–water partition coefficient (Wildman–Crippen LogP) is 5.15. The maximum absolute atomic E-state index is 13.7. The average Bonchev–Trinajstić information content (AvgIpc) is 3.37. The Hall–Kier alpha value is -4.46. The van der Waals surface area contributed by atoms with Crippen molar-refractivity contribution in [3.63, 3.8) is 0 Å². The lowest BCUT2D eigenvalue weighted by atomic mass is 10.1. The minimum absolute atomic E-state index is 0.0337. The highest BCUT2D eigenvalue weighted by atomic mass is 16.5. The van der Waals surface area contributed by atoms with Crippen molar-refractivity contribution in [3.05, 3.63) is 90.1 Å². The topological polar surface area (TPSA) is 67.2 Å². The van der Waals surface area contributed by atoms with E-state index in [4.69, 9.17) is 9.47 Å². The SMILES string of the molecule is COc1ccc(N2CCCN(Cc3cccc4c3ccn4CC(=O)N(C)C)C2=O)cc1OCc1ccccc1. The van der Waals surface area contributed by atoms with E-state index in [0.29, 0.717) is 37.7 Å². The standard InChI is InChI=1S/C31H34N4O4/c1-32(2)30(36)21-33-18-15-26-24(11-7-12-27(26)33)20-34-16-8-17-35(31(34)37)25-13-14-28(38-3)29(19-25)39-22-23-9-5-4-6-10-23/h4-7,9-15,18-19H,8,16-17,20-22H2,1-3H3. The summed E-state index contributed by atoms with van der Waals surface area (Å²) in [6.45, 7) is 2.49. The molecule has 1 aliphatic rings. The molecule has 1 saturated heterocycles. The Balaban J connectivity index is 1.34. The van der Waals surface area contributed by atoms with Crippen LogP contribution in [0.3, 0.4) is 0 Å². The summed E-state index contributed by atoms with van der Waals surface area (Å²) in [6, 6.07) is 23.6. The van der Waals surface area contributed by atoms with Gasteiger partial charge in [-0.1, -0.05) is 42.5 Å². The first-order valence-electron chi connectivity index (χ1n) is 13.1. The van der Waals surface area contributed by atoms with E-state index in [1.165, 1.54) is 0 Å². The molecular weight excluding hydrogens is 492 g/mol. The van der Waals surface area contributed by atoms with Crippen molar-refractivity contribution in [1.82, 2.24) is 14.4 Å². The number of likely N-dealkylation sites (N-methyl/N-ethyl adjacent to an activating group) is 1. The van der Waals surface area contributed by atoms with E-state index in [1.807, 2.05) is 82.4 Å². The van der Waals surface area contributed by atoms with Crippen molar-refractivity contribution < 1.29 is 19.1 Å². The van der Waals surface area contributed by atoms with Gasteiger partial charge in [-0.25, -0.2) is 4.79 Å². The Morgan fingerprint density at radius 3 is 2.54 bits per heavy atom. The first-order valence-corrected chi connectivity index (χ1v) is 13.1. The molecule has 0 bridgehead atoms. The summed E-state index contributed by atoms with van der Waals surface area (Å²) in [6.07, 6.45) is 2.79. The van der Waals surface area contributed by atoms with Crippen LogP contribution in [0.25, 0.3) is 10.9 Å². The molecule has 3 aromatic carbocycles. The van der Waals surface area contributed by atoms with Crippen molar-refractivity contribution in [1.29, 1.82) is 0 Å². The van der Waals surface area contributed by atoms with Crippen LogP contribution in [0.1, 0.15) is 17.5 Å². The molecule has 8 nitrogen and oxygen atoms in total. The van der Waals surface area contributed by atoms with Crippen LogP contribution < -0.4 is 14.4 Å². The minimum atomic E-state index is -0.0420. The number of hydrogen-bond acceptors (Lipinski definition) is 4. The van der Waals surface area contributed by atoms with Gasteiger partial charge in [-0.15, -0.1) is 0 Å². The van der Waals surface area contributed by atoms with Gasteiger partial charge in [-0.05, 0) is 41.8 Å². The molecule has 0 radical (unpaired) electrons. The van der Waals surface area contributed by atoms with Crippen molar-refractivity contribution in [2.24, 2.45) is 0 Å². The van der Waals surface area contributed by atoms with Gasteiger partial charge < -0.3 is 23.8 Å². The van der Waals surface area contributed by atoms with Gasteiger partial charge in [0.1, 0.15) is 13.2 Å². The average molecular weight is 527 g/mol. The van der Waals surface area contributed by atoms with Gasteiger partial charge in [0.05, 0.1) is 7.11 Å². The number of amides is 3. The van der Waals surface area contributed by atoms with E-state index in [0.717, 1.165) is 34.1 Å². The lowest BCUT2D eigenvalue weighted by molar-refractivity contribution is -0.129. The molecule has 2 heterocycles. The van der Waals surface area contributed by atoms with Crippen molar-refractivity contribution >= 4 is 28.5 Å². The Morgan fingerprint density at radius 1 is 0.949 bits per heavy atom. The fraction of sp³-hybridized carbons (Fsp3) is 0.290. The van der Waals surface area contributed by atoms with Crippen LogP contribution >= 0.6 is 0 Å². The third-order valence-corrected chi connectivity index (χ3v) is 7.08. The monoisotopic (exact) mass is 526 g/mol. The molecule has 8 heteroatoms. The Kier molecular flexibility index (Phi) is 7.72. The van der Waals surface area contributed by atoms with Gasteiger partial charge in [-0.2, -0.15) is 0 Å². The Labute approximate surface area is 228 Å². The first kappa shape index (κ1) is 26.2. The van der Waals surface area contributed by atoms with Crippen LogP contribution in [0.15, 0.2) is 79.0 Å². The highest BCUT2D eigenvalue weighted by molar-refractivity contribution is 5.93. The highest BCUT2D eigenvalue weighted by Gasteiger charge is 2.28. The number of ether oxygens (including phenoxy) is 2. The molecule has 3 amide bonds. The maximum atomic E-state index is 13.7. The lowest BCUT2D eigenvalue weighted by Gasteiger charge is -2.36. The van der Waals surface area contributed by atoms with Gasteiger partial charge in [0, 0.05) is 62.6 Å². The summed E-state index contributed by atoms with van der Waals surface area (Å²) >= 11 is 0. The van der Waals surface area contributed by atoms with Crippen molar-refractivity contribution in [2.75, 3.05) is 39.2 Å². The molecule has 0 N–H and O–H groups in total. The fourth-order valence-electron chi connectivity index (χ4n) is 4.90. The molecule has 5 rings (SSSR count). The predicted molar refractivity (Wildman–Crippen MR) is 152 cm³/mol. The lowest BCUT2D eigenvalue weighted by Crippen LogP contribution is -2.49. The molecular formula is C31H34N4O4. The molecule has 1 aromatic heterocycles. The van der Waals surface area contributed by atoms with E-state index in [-0.39, 0.29) is 18.5 Å². The Bertz CT molecular complexity index is 1460. The van der Waals surface area contributed by atoms with E-state index in [9.17, 15) is 9.59 Å². The van der Waals surface area contributed by atoms with Gasteiger partial charge in [0.15, 0.2) is 11.5 Å². The van der Waals surface area contributed by atoms with Crippen LogP contribution in [0.2, 0.25) is 0 Å². The smallest absolute Gasteiger partial charge is 0.324 e. The number of carbonyl (C=O) groups is 2. The number of fused-ring (bicyclic) bond motifs is 1. The molecule has 4 aromatic rings. The van der Waals surface area contributed by atoms with Crippen LogP contribution in [0, 0.1) is 0 Å². The first-order chi connectivity index (χ1) is 18.9. The van der Waals surface area contributed by atoms with Crippen molar-refractivity contribution in [2.45, 2.75) is 26.1 Å². The zero-order chi connectivity index (χ0) is 27.4. The number of urea groups is 1. The highest BCUT2D eigenvalue weighted by Crippen LogP contribution is 2.34. The number of anilines is 1. The number of nitrogens with zero attached hydrogens (tertiary/aromatic N) is 4. The number of methoxy groups -OCH3 is 1. The third kappa shape index (κ3) is 5.70. The second-order valence-corrected chi connectivity index (χ2v) is 9.90. The van der Waals surface area contributed by atoms with Gasteiger partial charge in [0.25, 0.3) is 0 Å². The van der Waals surface area contributed by atoms with Crippen LogP contribution in [-0.2, 0) is 24.5 Å². The van der Waals surface area contributed by atoms with Crippen LogP contribution in [0.4, 0.5) is 10.5 Å². The third-order valence-electron chi connectivity index (χ3n) is 7.08. The summed E-state index contributed by atoms with van der Waals surface area (Å²) in [5, 5.41) is 1.05. The second kappa shape index (κ2) is 11.5. The number of benzene rings is 3. The molecule has 0 unspecified atom stereocenters. The summed E-state index contributed by atoms with van der Waals surface area (Å²) in [4.78, 5) is 31.2. The zero-order valence-electron chi connectivity index (χ0n) is 22.7. The summed E-state index contributed by atoms with van der Waals surface area (Å²) in [5.74, 6) is 1.26. The van der Waals surface area contributed by atoms with Crippen molar-refractivity contribution in [3.8, 4) is 11.5 Å². The second-order valence-electron chi connectivity index (χ2n) is 9.90. The number of carbonyl (C=O) groups excluding carboxylic acids is 2. The quantitative estimate of drug-likeness (QED) is 0.303. The molecule has 0 saturated carbocycles. The van der Waals surface area contributed by atoms with Gasteiger partial charge in [-0.3, -0.25) is 9.69 Å². The molecule has 0 atom stereocenters. The number of hydrogen-bond donors (Lipinski definition) is 0. The van der Waals surface area contributed by atoms with Gasteiger partial charge >= 0.3 is 6.03 Å². The van der Waals surface area contributed by atoms with Crippen LogP contribution in [0.5, 0.6) is 11.5 Å². The van der Waals surface area contributed by atoms with E-state index in [2.05, 4.69) is 6.07 Å². The molecule has 39 heavy (non-hydrogen) atoms. The summed E-state index contributed by atoms with van der Waals surface area (Å²) in [5.41, 5.74) is 3.87. The number of rotatable bonds is 9. The molecule has 1 fully saturated rings. The summed E-state index contributed by atoms with van der Waals surface area (Å²) in [7, 11) is 5.13. The molecule has 202 valence electrons. The molecule has 1 aliphatic heterocycles. The minimum Gasteiger partial charge on any atom is -0.493 e. The molecule has 0 spiro atoms. The zero-order valence-corrected chi connectivity index (χ0v) is 22.7. The van der Waals surface area contributed by atoms with E-state index in [1.54, 1.807) is 31.0 Å². The molecule has 0 aliphatic carbocycles.